The van der Waals surface area contributed by atoms with E-state index in [4.69, 9.17) is 0 Å². The molecule has 0 saturated carbocycles. The van der Waals surface area contributed by atoms with Crippen molar-refractivity contribution in [2.45, 2.75) is 19.9 Å². The van der Waals surface area contributed by atoms with Crippen molar-refractivity contribution in [1.82, 2.24) is 5.32 Å². The van der Waals surface area contributed by atoms with Crippen molar-refractivity contribution in [1.29, 1.82) is 0 Å². The molecule has 0 aromatic heterocycles. The Morgan fingerprint density at radius 1 is 1.54 bits per heavy atom. The summed E-state index contributed by atoms with van der Waals surface area (Å²) in [6.45, 7) is 3.26. The largest absolute Gasteiger partial charge is 0.350 e. The number of carbonyl (C=O) groups excluding carboxylic acids is 1. The van der Waals surface area contributed by atoms with Gasteiger partial charge in [-0.2, -0.15) is 0 Å². The van der Waals surface area contributed by atoms with E-state index in [0.29, 0.717) is 0 Å². The summed E-state index contributed by atoms with van der Waals surface area (Å²) >= 11 is 0. The molecule has 0 bridgehead atoms. The zero-order valence-electron chi connectivity index (χ0n) is 7.67. The van der Waals surface area contributed by atoms with Crippen LogP contribution in [0.4, 0.5) is 4.39 Å². The lowest BCUT2D eigenvalue weighted by Crippen LogP contribution is -2.23. The highest BCUT2D eigenvalue weighted by Gasteiger charge is 2.06. The molecule has 3 heteroatoms. The van der Waals surface area contributed by atoms with Gasteiger partial charge in [0, 0.05) is 6.92 Å². The molecule has 0 radical (unpaired) electrons. The van der Waals surface area contributed by atoms with Gasteiger partial charge >= 0.3 is 0 Å². The normalized spacial score (nSPS) is 12.2. The van der Waals surface area contributed by atoms with Gasteiger partial charge in [0.25, 0.3) is 0 Å². The van der Waals surface area contributed by atoms with Gasteiger partial charge in [0.2, 0.25) is 5.91 Å². The molecule has 1 rings (SSSR count). The van der Waals surface area contributed by atoms with Gasteiger partial charge in [0.1, 0.15) is 5.82 Å². The standard InChI is InChI=1S/C10H12FNO/c1-7(12-8(2)13)9-4-3-5-10(11)6-9/h3-7H,1-2H3,(H,12,13). The lowest BCUT2D eigenvalue weighted by atomic mass is 10.1. The topological polar surface area (TPSA) is 29.1 Å². The van der Waals surface area contributed by atoms with Crippen LogP contribution in [-0.2, 0) is 4.79 Å². The third-order valence-corrected chi connectivity index (χ3v) is 1.77. The van der Waals surface area contributed by atoms with E-state index in [1.54, 1.807) is 12.1 Å². The Hall–Kier alpha value is -1.38. The summed E-state index contributed by atoms with van der Waals surface area (Å²) in [5.41, 5.74) is 0.773. The molecule has 2 nitrogen and oxygen atoms in total. The smallest absolute Gasteiger partial charge is 0.217 e. The first-order chi connectivity index (χ1) is 6.09. The highest BCUT2D eigenvalue weighted by molar-refractivity contribution is 5.73. The zero-order valence-corrected chi connectivity index (χ0v) is 7.67. The van der Waals surface area contributed by atoms with Crippen LogP contribution < -0.4 is 5.32 Å². The Balaban J connectivity index is 2.76. The molecule has 1 atom stereocenters. The summed E-state index contributed by atoms with van der Waals surface area (Å²) in [6, 6.07) is 6.06. The highest BCUT2D eigenvalue weighted by Crippen LogP contribution is 2.12. The molecule has 0 aliphatic rings. The quantitative estimate of drug-likeness (QED) is 0.743. The number of rotatable bonds is 2. The molecule has 70 valence electrons. The maximum atomic E-state index is 12.8. The molecule has 1 amide bonds. The predicted molar refractivity (Wildman–Crippen MR) is 48.6 cm³/mol. The zero-order chi connectivity index (χ0) is 9.84. The number of halogens is 1. The summed E-state index contributed by atoms with van der Waals surface area (Å²) in [7, 11) is 0. The Morgan fingerprint density at radius 2 is 2.23 bits per heavy atom. The molecule has 1 aromatic carbocycles. The number of amides is 1. The first-order valence-electron chi connectivity index (χ1n) is 4.12. The van der Waals surface area contributed by atoms with Crippen molar-refractivity contribution in [3.8, 4) is 0 Å². The van der Waals surface area contributed by atoms with Crippen LogP contribution in [-0.4, -0.2) is 5.91 Å². The summed E-state index contributed by atoms with van der Waals surface area (Å²) in [4.78, 5) is 10.7. The van der Waals surface area contributed by atoms with Crippen molar-refractivity contribution in [3.05, 3.63) is 35.6 Å². The first-order valence-corrected chi connectivity index (χ1v) is 4.12. The Bertz CT molecular complexity index is 312. The number of hydrogen-bond donors (Lipinski definition) is 1. The monoisotopic (exact) mass is 181 g/mol. The molecule has 0 fully saturated rings. The van der Waals surface area contributed by atoms with Gasteiger partial charge < -0.3 is 5.32 Å². The van der Waals surface area contributed by atoms with Crippen molar-refractivity contribution >= 4 is 5.91 Å². The fourth-order valence-corrected chi connectivity index (χ4v) is 1.16. The molecular weight excluding hydrogens is 169 g/mol. The average Bonchev–Trinajstić information content (AvgIpc) is 2.03. The minimum absolute atomic E-state index is 0.114. The number of nitrogens with one attached hydrogen (secondary N) is 1. The molecule has 0 heterocycles. The molecule has 0 aliphatic carbocycles. The Kier molecular flexibility index (Phi) is 3.01. The Labute approximate surface area is 76.8 Å². The van der Waals surface area contributed by atoms with Crippen LogP contribution in [0.25, 0.3) is 0 Å². The lowest BCUT2D eigenvalue weighted by molar-refractivity contribution is -0.119. The fourth-order valence-electron chi connectivity index (χ4n) is 1.16. The van der Waals surface area contributed by atoms with Gasteiger partial charge in [0.05, 0.1) is 6.04 Å². The van der Waals surface area contributed by atoms with Gasteiger partial charge in [-0.05, 0) is 24.6 Å². The van der Waals surface area contributed by atoms with Crippen LogP contribution in [0.15, 0.2) is 24.3 Å². The van der Waals surface area contributed by atoms with E-state index < -0.39 is 0 Å². The number of hydrogen-bond acceptors (Lipinski definition) is 1. The second-order valence-corrected chi connectivity index (χ2v) is 2.98. The average molecular weight is 181 g/mol. The van der Waals surface area contributed by atoms with E-state index in [2.05, 4.69) is 5.32 Å². The molecule has 0 saturated heterocycles. The second kappa shape index (κ2) is 4.03. The molecule has 1 N–H and O–H groups in total. The van der Waals surface area contributed by atoms with E-state index >= 15 is 0 Å². The van der Waals surface area contributed by atoms with Crippen LogP contribution in [0.1, 0.15) is 25.5 Å². The van der Waals surface area contributed by atoms with Crippen molar-refractivity contribution in [2.75, 3.05) is 0 Å². The lowest BCUT2D eigenvalue weighted by Gasteiger charge is -2.12. The van der Waals surface area contributed by atoms with E-state index in [1.807, 2.05) is 6.92 Å². The minimum atomic E-state index is -0.283. The van der Waals surface area contributed by atoms with Gasteiger partial charge in [-0.25, -0.2) is 4.39 Å². The highest BCUT2D eigenvalue weighted by atomic mass is 19.1. The minimum Gasteiger partial charge on any atom is -0.350 e. The van der Waals surface area contributed by atoms with Gasteiger partial charge in [-0.3, -0.25) is 4.79 Å². The first kappa shape index (κ1) is 9.71. The molecule has 0 aliphatic heterocycles. The van der Waals surface area contributed by atoms with Crippen LogP contribution in [0, 0.1) is 5.82 Å². The van der Waals surface area contributed by atoms with Crippen LogP contribution in [0.2, 0.25) is 0 Å². The summed E-state index contributed by atoms with van der Waals surface area (Å²) in [6.07, 6.45) is 0. The van der Waals surface area contributed by atoms with Gasteiger partial charge in [-0.1, -0.05) is 12.1 Å². The third-order valence-electron chi connectivity index (χ3n) is 1.77. The third kappa shape index (κ3) is 2.86. The molecule has 13 heavy (non-hydrogen) atoms. The van der Waals surface area contributed by atoms with E-state index in [0.717, 1.165) is 5.56 Å². The van der Waals surface area contributed by atoms with E-state index in [1.165, 1.54) is 19.1 Å². The van der Waals surface area contributed by atoms with Gasteiger partial charge in [0.15, 0.2) is 0 Å². The second-order valence-electron chi connectivity index (χ2n) is 2.98. The number of carbonyl (C=O) groups is 1. The SMILES string of the molecule is CC(=O)NC(C)c1cccc(F)c1. The number of benzene rings is 1. The van der Waals surface area contributed by atoms with Crippen LogP contribution in [0.3, 0.4) is 0 Å². The van der Waals surface area contributed by atoms with Crippen molar-refractivity contribution in [2.24, 2.45) is 0 Å². The van der Waals surface area contributed by atoms with E-state index in [9.17, 15) is 9.18 Å². The maximum absolute atomic E-state index is 12.8. The molecule has 1 aromatic rings. The summed E-state index contributed by atoms with van der Waals surface area (Å²) in [5.74, 6) is -0.397. The maximum Gasteiger partial charge on any atom is 0.217 e. The molecule has 0 spiro atoms. The van der Waals surface area contributed by atoms with Gasteiger partial charge in [-0.15, -0.1) is 0 Å². The van der Waals surface area contributed by atoms with Crippen LogP contribution in [0.5, 0.6) is 0 Å². The molecular formula is C10H12FNO. The summed E-state index contributed by atoms with van der Waals surface area (Å²) < 4.78 is 12.8. The summed E-state index contributed by atoms with van der Waals surface area (Å²) in [5, 5.41) is 2.68. The van der Waals surface area contributed by atoms with Crippen LogP contribution >= 0.6 is 0 Å². The predicted octanol–water partition coefficient (Wildman–Crippen LogP) is 2.02. The fraction of sp³-hybridized carbons (Fsp3) is 0.300. The van der Waals surface area contributed by atoms with E-state index in [-0.39, 0.29) is 17.8 Å². The molecule has 1 unspecified atom stereocenters. The van der Waals surface area contributed by atoms with Crippen molar-refractivity contribution < 1.29 is 9.18 Å². The Morgan fingerprint density at radius 3 is 2.77 bits per heavy atom. The van der Waals surface area contributed by atoms with Crippen molar-refractivity contribution in [3.63, 3.8) is 0 Å².